The van der Waals surface area contributed by atoms with E-state index in [-0.39, 0.29) is 0 Å². The highest BCUT2D eigenvalue weighted by Crippen LogP contribution is 2.53. The second-order valence-electron chi connectivity index (χ2n) is 9.14. The molecule has 5 heteroatoms. The molecule has 0 atom stereocenters. The maximum absolute atomic E-state index is 4.38. The molecule has 0 amide bonds. The van der Waals surface area contributed by atoms with Gasteiger partial charge in [0.1, 0.15) is 0 Å². The van der Waals surface area contributed by atoms with Crippen molar-refractivity contribution in [2.75, 3.05) is 44.2 Å². The van der Waals surface area contributed by atoms with Gasteiger partial charge in [-0.2, -0.15) is 0 Å². The normalized spacial score (nSPS) is 36.6. The van der Waals surface area contributed by atoms with E-state index in [1.807, 2.05) is 18.5 Å². The van der Waals surface area contributed by atoms with Crippen molar-refractivity contribution in [2.24, 2.45) is 23.7 Å². The van der Waals surface area contributed by atoms with Gasteiger partial charge in [0, 0.05) is 44.6 Å². The van der Waals surface area contributed by atoms with Crippen molar-refractivity contribution in [3.63, 3.8) is 0 Å². The number of nitrogens with one attached hydrogen (secondary N) is 1. The molecule has 26 heavy (non-hydrogen) atoms. The number of anilines is 1. The molecule has 1 aliphatic heterocycles. The molecule has 2 heterocycles. The predicted octanol–water partition coefficient (Wildman–Crippen LogP) is 2.40. The average molecular weight is 356 g/mol. The number of hydrogen-bond acceptors (Lipinski definition) is 5. The van der Waals surface area contributed by atoms with Gasteiger partial charge in [0.25, 0.3) is 0 Å². The molecule has 1 aromatic heterocycles. The summed E-state index contributed by atoms with van der Waals surface area (Å²) in [4.78, 5) is 13.7. The largest absolute Gasteiger partial charge is 0.338 e. The second kappa shape index (κ2) is 7.43. The summed E-state index contributed by atoms with van der Waals surface area (Å²) in [5.74, 6) is 5.05. The lowest BCUT2D eigenvalue weighted by atomic mass is 9.54. The Morgan fingerprint density at radius 1 is 0.885 bits per heavy atom. The zero-order valence-electron chi connectivity index (χ0n) is 15.9. The van der Waals surface area contributed by atoms with Gasteiger partial charge in [0.2, 0.25) is 5.95 Å². The van der Waals surface area contributed by atoms with E-state index in [0.29, 0.717) is 0 Å². The van der Waals surface area contributed by atoms with Crippen LogP contribution >= 0.6 is 0 Å². The van der Waals surface area contributed by atoms with Gasteiger partial charge in [-0.05, 0) is 81.4 Å². The fraction of sp³-hybridized carbons (Fsp3) is 0.810. The van der Waals surface area contributed by atoms with E-state index in [0.717, 1.165) is 61.8 Å². The highest BCUT2D eigenvalue weighted by atomic mass is 15.3. The number of aromatic nitrogens is 2. The topological polar surface area (TPSA) is 44.3 Å². The van der Waals surface area contributed by atoms with E-state index in [1.165, 1.54) is 45.2 Å². The van der Waals surface area contributed by atoms with Crippen LogP contribution in [0.3, 0.4) is 0 Å². The van der Waals surface area contributed by atoms with E-state index in [2.05, 4.69) is 25.1 Å². The van der Waals surface area contributed by atoms with Crippen LogP contribution in [0, 0.1) is 23.7 Å². The summed E-state index contributed by atoms with van der Waals surface area (Å²) in [5.41, 5.74) is 0. The minimum atomic E-state index is 0.842. The molecule has 6 rings (SSSR count). The quantitative estimate of drug-likeness (QED) is 0.794. The lowest BCUT2D eigenvalue weighted by Crippen LogP contribution is -2.54. The molecule has 1 N–H and O–H groups in total. The maximum atomic E-state index is 4.38. The van der Waals surface area contributed by atoms with Gasteiger partial charge in [-0.25, -0.2) is 9.97 Å². The van der Waals surface area contributed by atoms with Crippen molar-refractivity contribution in [3.05, 3.63) is 18.5 Å². The van der Waals surface area contributed by atoms with E-state index >= 15 is 0 Å². The summed E-state index contributed by atoms with van der Waals surface area (Å²) in [5, 5.41) is 3.98. The van der Waals surface area contributed by atoms with E-state index in [4.69, 9.17) is 0 Å². The summed E-state index contributed by atoms with van der Waals surface area (Å²) in [6.45, 7) is 6.80. The smallest absolute Gasteiger partial charge is 0.225 e. The molecule has 0 radical (unpaired) electrons. The first kappa shape index (κ1) is 16.9. The fourth-order valence-corrected chi connectivity index (χ4v) is 6.46. The Morgan fingerprint density at radius 3 is 2.19 bits per heavy atom. The first-order valence-electron chi connectivity index (χ1n) is 10.8. The number of hydrogen-bond donors (Lipinski definition) is 1. The van der Waals surface area contributed by atoms with Crippen molar-refractivity contribution in [1.82, 2.24) is 20.2 Å². The number of nitrogens with zero attached hydrogens (tertiary/aromatic N) is 4. The summed E-state index contributed by atoms with van der Waals surface area (Å²) >= 11 is 0. The Morgan fingerprint density at radius 2 is 1.54 bits per heavy atom. The van der Waals surface area contributed by atoms with Crippen molar-refractivity contribution < 1.29 is 0 Å². The molecule has 0 unspecified atom stereocenters. The Balaban J connectivity index is 1.02. The standard InChI is InChI=1S/C21H33N5/c1-3-23-21(24-4-1)26-9-7-25(8-10-26)6-2-5-22-20-18-12-16-11-17(14-18)15-19(20)13-16/h1,3-4,16-20,22H,2,5-15H2. The van der Waals surface area contributed by atoms with Crippen LogP contribution in [0.25, 0.3) is 0 Å². The predicted molar refractivity (Wildman–Crippen MR) is 104 cm³/mol. The van der Waals surface area contributed by atoms with Crippen LogP contribution in [-0.4, -0.2) is 60.2 Å². The van der Waals surface area contributed by atoms with E-state index in [9.17, 15) is 0 Å². The summed E-state index contributed by atoms with van der Waals surface area (Å²) in [6, 6.07) is 2.73. The third kappa shape index (κ3) is 3.48. The van der Waals surface area contributed by atoms with E-state index < -0.39 is 0 Å². The van der Waals surface area contributed by atoms with Crippen LogP contribution in [0.2, 0.25) is 0 Å². The third-order valence-corrected chi connectivity index (χ3v) is 7.47. The highest BCUT2D eigenvalue weighted by Gasteiger charge is 2.47. The maximum Gasteiger partial charge on any atom is 0.225 e. The molecule has 4 bridgehead atoms. The van der Waals surface area contributed by atoms with Gasteiger partial charge in [-0.1, -0.05) is 0 Å². The van der Waals surface area contributed by atoms with Crippen LogP contribution in [0.5, 0.6) is 0 Å². The Labute approximate surface area is 157 Å². The average Bonchev–Trinajstić information content (AvgIpc) is 2.67. The van der Waals surface area contributed by atoms with Gasteiger partial charge >= 0.3 is 0 Å². The van der Waals surface area contributed by atoms with Crippen LogP contribution in [0.15, 0.2) is 18.5 Å². The summed E-state index contributed by atoms with van der Waals surface area (Å²) in [6.07, 6.45) is 12.6. The first-order chi connectivity index (χ1) is 12.8. The molecule has 0 aromatic carbocycles. The van der Waals surface area contributed by atoms with Gasteiger partial charge < -0.3 is 10.2 Å². The van der Waals surface area contributed by atoms with Gasteiger partial charge in [0.15, 0.2) is 0 Å². The van der Waals surface area contributed by atoms with Gasteiger partial charge in [-0.3, -0.25) is 4.90 Å². The SMILES string of the molecule is c1cnc(N2CCN(CCCNC3C4CC5CC(C4)CC3C5)CC2)nc1. The molecule has 5 nitrogen and oxygen atoms in total. The monoisotopic (exact) mass is 355 g/mol. The summed E-state index contributed by atoms with van der Waals surface area (Å²) < 4.78 is 0. The Bertz CT molecular complexity index is 555. The molecular formula is C21H33N5. The lowest BCUT2D eigenvalue weighted by molar-refractivity contribution is -0.0137. The van der Waals surface area contributed by atoms with Gasteiger partial charge in [-0.15, -0.1) is 0 Å². The first-order valence-corrected chi connectivity index (χ1v) is 10.8. The highest BCUT2D eigenvalue weighted by molar-refractivity contribution is 5.29. The summed E-state index contributed by atoms with van der Waals surface area (Å²) in [7, 11) is 0. The fourth-order valence-electron chi connectivity index (χ4n) is 6.46. The van der Waals surface area contributed by atoms with Crippen molar-refractivity contribution in [2.45, 2.75) is 44.6 Å². The minimum Gasteiger partial charge on any atom is -0.338 e. The zero-order valence-corrected chi connectivity index (χ0v) is 15.9. The van der Waals surface area contributed by atoms with Crippen LogP contribution in [0.4, 0.5) is 5.95 Å². The Kier molecular flexibility index (Phi) is 4.84. The van der Waals surface area contributed by atoms with Gasteiger partial charge in [0.05, 0.1) is 0 Å². The van der Waals surface area contributed by atoms with Crippen LogP contribution < -0.4 is 10.2 Å². The molecule has 4 saturated carbocycles. The molecular weight excluding hydrogens is 322 g/mol. The van der Waals surface area contributed by atoms with Crippen molar-refractivity contribution in [1.29, 1.82) is 0 Å². The second-order valence-corrected chi connectivity index (χ2v) is 9.14. The van der Waals surface area contributed by atoms with Crippen LogP contribution in [0.1, 0.15) is 38.5 Å². The molecule has 0 spiro atoms. The number of rotatable bonds is 6. The lowest BCUT2D eigenvalue weighted by Gasteiger charge is -2.54. The number of piperazine rings is 1. The van der Waals surface area contributed by atoms with Crippen molar-refractivity contribution >= 4 is 5.95 Å². The van der Waals surface area contributed by atoms with Crippen LogP contribution in [-0.2, 0) is 0 Å². The minimum absolute atomic E-state index is 0.842. The molecule has 5 aliphatic rings. The third-order valence-electron chi connectivity index (χ3n) is 7.47. The molecule has 1 aromatic rings. The van der Waals surface area contributed by atoms with Crippen molar-refractivity contribution in [3.8, 4) is 0 Å². The molecule has 5 fully saturated rings. The molecule has 142 valence electrons. The zero-order chi connectivity index (χ0) is 17.3. The van der Waals surface area contributed by atoms with E-state index in [1.54, 1.807) is 6.42 Å². The molecule has 4 aliphatic carbocycles. The Hall–Kier alpha value is -1.20. The molecule has 1 saturated heterocycles.